The lowest BCUT2D eigenvalue weighted by molar-refractivity contribution is -0.122. The Labute approximate surface area is 207 Å². The number of anilines is 1. The molecule has 2 aliphatic heterocycles. The Morgan fingerprint density at radius 3 is 2.55 bits per heavy atom. The van der Waals surface area contributed by atoms with E-state index in [1.165, 1.54) is 17.1 Å². The summed E-state index contributed by atoms with van der Waals surface area (Å²) in [5.41, 5.74) is 1.92. The molecule has 5 rings (SSSR count). The summed E-state index contributed by atoms with van der Waals surface area (Å²) in [7, 11) is 0. The molecule has 1 saturated heterocycles. The van der Waals surface area contributed by atoms with Crippen LogP contribution in [0.3, 0.4) is 0 Å². The smallest absolute Gasteiger partial charge is 0.269 e. The average molecular weight is 494 g/mol. The van der Waals surface area contributed by atoms with Crippen molar-refractivity contribution in [2.45, 2.75) is 31.6 Å². The Balaban J connectivity index is 1.55. The third-order valence-electron chi connectivity index (χ3n) is 5.73. The molecule has 4 nitrogen and oxygen atoms in total. The first kappa shape index (κ1) is 22.4. The van der Waals surface area contributed by atoms with Crippen LogP contribution in [0.4, 0.5) is 11.4 Å². The van der Waals surface area contributed by atoms with Crippen molar-refractivity contribution in [1.29, 1.82) is 0 Å². The van der Waals surface area contributed by atoms with Crippen molar-refractivity contribution >= 4 is 68.3 Å². The molecule has 0 atom stereocenters. The first-order valence-corrected chi connectivity index (χ1v) is 13.2. The summed E-state index contributed by atoms with van der Waals surface area (Å²) in [6.07, 6.45) is 1.95. The molecule has 7 heteroatoms. The number of carbonyl (C=O) groups excluding carboxylic acids is 1. The Kier molecular flexibility index (Phi) is 6.41. The Hall–Kier alpha value is -2.41. The number of hydrogen-bond acceptors (Lipinski definition) is 5. The van der Waals surface area contributed by atoms with Gasteiger partial charge in [-0.25, -0.2) is 4.99 Å². The number of rotatable bonds is 5. The molecule has 2 heterocycles. The van der Waals surface area contributed by atoms with Crippen LogP contribution in [0.1, 0.15) is 26.7 Å². The first-order valence-electron chi connectivity index (χ1n) is 11.2. The highest BCUT2D eigenvalue weighted by Gasteiger charge is 2.39. The van der Waals surface area contributed by atoms with E-state index in [1.54, 1.807) is 11.8 Å². The number of carbonyl (C=O) groups is 1. The van der Waals surface area contributed by atoms with Crippen molar-refractivity contribution < 1.29 is 4.79 Å². The van der Waals surface area contributed by atoms with Gasteiger partial charge in [-0.3, -0.25) is 9.69 Å². The number of halogens is 1. The maximum atomic E-state index is 13.6. The van der Waals surface area contributed by atoms with E-state index in [2.05, 4.69) is 43.0 Å². The van der Waals surface area contributed by atoms with E-state index in [1.807, 2.05) is 41.3 Å². The Morgan fingerprint density at radius 2 is 1.76 bits per heavy atom. The highest BCUT2D eigenvalue weighted by Crippen LogP contribution is 2.51. The van der Waals surface area contributed by atoms with Crippen molar-refractivity contribution in [2.75, 3.05) is 18.0 Å². The molecule has 3 aromatic carbocycles. The molecule has 0 spiro atoms. The van der Waals surface area contributed by atoms with Crippen LogP contribution in [-0.2, 0) is 4.79 Å². The largest absolute Gasteiger partial charge is 0.334 e. The fraction of sp³-hybridized carbons (Fsp3) is 0.231. The number of fused-ring (bicyclic) bond motifs is 2. The van der Waals surface area contributed by atoms with Gasteiger partial charge in [0.25, 0.3) is 5.91 Å². The van der Waals surface area contributed by atoms with Gasteiger partial charge in [0.1, 0.15) is 9.93 Å². The maximum absolute atomic E-state index is 13.6. The highest BCUT2D eigenvalue weighted by atomic mass is 35.5. The van der Waals surface area contributed by atoms with Gasteiger partial charge in [-0.05, 0) is 66.2 Å². The van der Waals surface area contributed by atoms with Crippen molar-refractivity contribution in [3.63, 3.8) is 0 Å². The lowest BCUT2D eigenvalue weighted by Gasteiger charge is -2.19. The fourth-order valence-corrected chi connectivity index (χ4v) is 6.59. The van der Waals surface area contributed by atoms with E-state index >= 15 is 0 Å². The minimum Gasteiger partial charge on any atom is -0.334 e. The summed E-state index contributed by atoms with van der Waals surface area (Å²) in [5, 5.41) is 4.74. The Bertz CT molecular complexity index is 1300. The van der Waals surface area contributed by atoms with Gasteiger partial charge in [0.2, 0.25) is 0 Å². The van der Waals surface area contributed by atoms with Crippen molar-refractivity contribution in [2.24, 2.45) is 4.99 Å². The number of aliphatic imine (C=N–C) groups is 1. The molecule has 0 unspecified atom stereocenters. The normalized spacial score (nSPS) is 19.2. The van der Waals surface area contributed by atoms with Crippen LogP contribution in [0, 0.1) is 0 Å². The molecule has 0 radical (unpaired) electrons. The number of nitrogens with zero attached hydrogens (tertiary/aromatic N) is 3. The zero-order chi connectivity index (χ0) is 22.9. The van der Waals surface area contributed by atoms with E-state index in [4.69, 9.17) is 16.6 Å². The minimum absolute atomic E-state index is 0.0350. The summed E-state index contributed by atoms with van der Waals surface area (Å²) in [5.74, 6) is 0.0350. The van der Waals surface area contributed by atoms with Gasteiger partial charge in [-0.15, -0.1) is 0 Å². The SMILES string of the molecule is CCCCN1C(=O)C(=C2Sc3ccc(Cl)cc3N2CC)SC1=Nc1ccc2ccccc2c1. The molecule has 1 fully saturated rings. The summed E-state index contributed by atoms with van der Waals surface area (Å²) in [4.78, 5) is 24.4. The van der Waals surface area contributed by atoms with Gasteiger partial charge in [-0.2, -0.15) is 0 Å². The van der Waals surface area contributed by atoms with Gasteiger partial charge in [0.15, 0.2) is 5.17 Å². The number of amidine groups is 1. The van der Waals surface area contributed by atoms with E-state index in [0.29, 0.717) is 11.6 Å². The first-order chi connectivity index (χ1) is 16.1. The molecular formula is C26H24ClN3OS2. The van der Waals surface area contributed by atoms with Gasteiger partial charge < -0.3 is 4.90 Å². The topological polar surface area (TPSA) is 35.9 Å². The number of benzene rings is 3. The van der Waals surface area contributed by atoms with Crippen molar-refractivity contribution in [1.82, 2.24) is 4.90 Å². The van der Waals surface area contributed by atoms with Gasteiger partial charge >= 0.3 is 0 Å². The molecular weight excluding hydrogens is 470 g/mol. The second-order valence-electron chi connectivity index (χ2n) is 7.93. The van der Waals surface area contributed by atoms with Crippen LogP contribution in [0.5, 0.6) is 0 Å². The zero-order valence-corrected chi connectivity index (χ0v) is 20.9. The summed E-state index contributed by atoms with van der Waals surface area (Å²) < 4.78 is 0. The van der Waals surface area contributed by atoms with Gasteiger partial charge in [-0.1, -0.05) is 67.0 Å². The Morgan fingerprint density at radius 1 is 0.939 bits per heavy atom. The van der Waals surface area contributed by atoms with Crippen LogP contribution >= 0.6 is 35.1 Å². The molecule has 33 heavy (non-hydrogen) atoms. The predicted octanol–water partition coefficient (Wildman–Crippen LogP) is 7.66. The highest BCUT2D eigenvalue weighted by molar-refractivity contribution is 8.19. The van der Waals surface area contributed by atoms with Crippen LogP contribution in [0.25, 0.3) is 10.8 Å². The monoisotopic (exact) mass is 493 g/mol. The predicted molar refractivity (Wildman–Crippen MR) is 143 cm³/mol. The lowest BCUT2D eigenvalue weighted by atomic mass is 10.1. The van der Waals surface area contributed by atoms with Gasteiger partial charge in [0.05, 0.1) is 11.4 Å². The van der Waals surface area contributed by atoms with E-state index in [9.17, 15) is 4.79 Å². The standard InChI is InChI=1S/C26H24ClN3OS2/c1-3-5-14-30-24(31)23(25-29(4-2)21-16-19(27)11-13-22(21)32-25)33-26(30)28-20-12-10-17-8-6-7-9-18(17)15-20/h6-13,15-16H,3-5,14H2,1-2H3. The summed E-state index contributed by atoms with van der Waals surface area (Å²) >= 11 is 9.38. The van der Waals surface area contributed by atoms with E-state index in [-0.39, 0.29) is 5.91 Å². The number of thioether (sulfide) groups is 2. The molecule has 0 aromatic heterocycles. The molecule has 168 valence electrons. The molecule has 1 amide bonds. The average Bonchev–Trinajstić information content (AvgIpc) is 3.33. The lowest BCUT2D eigenvalue weighted by Crippen LogP contribution is -2.30. The third kappa shape index (κ3) is 4.27. The maximum Gasteiger partial charge on any atom is 0.269 e. The molecule has 0 N–H and O–H groups in total. The third-order valence-corrected chi connectivity index (χ3v) is 8.34. The molecule has 3 aromatic rings. The minimum atomic E-state index is 0.0350. The molecule has 2 aliphatic rings. The second-order valence-corrected chi connectivity index (χ2v) is 10.4. The summed E-state index contributed by atoms with van der Waals surface area (Å²) in [6, 6.07) is 20.3. The number of hydrogen-bond donors (Lipinski definition) is 0. The zero-order valence-electron chi connectivity index (χ0n) is 18.5. The molecule has 0 aliphatic carbocycles. The van der Waals surface area contributed by atoms with Crippen molar-refractivity contribution in [3.8, 4) is 0 Å². The van der Waals surface area contributed by atoms with Crippen molar-refractivity contribution in [3.05, 3.63) is 75.6 Å². The van der Waals surface area contributed by atoms with Crippen LogP contribution in [0.2, 0.25) is 5.02 Å². The second kappa shape index (κ2) is 9.45. The van der Waals surface area contributed by atoms with Gasteiger partial charge in [0, 0.05) is 23.0 Å². The molecule has 0 saturated carbocycles. The van der Waals surface area contributed by atoms with Crippen LogP contribution in [0.15, 0.2) is 80.5 Å². The summed E-state index contributed by atoms with van der Waals surface area (Å²) in [6.45, 7) is 5.67. The quantitative estimate of drug-likeness (QED) is 0.342. The molecule has 0 bridgehead atoms. The van der Waals surface area contributed by atoms with Crippen LogP contribution in [-0.4, -0.2) is 29.1 Å². The van der Waals surface area contributed by atoms with E-state index < -0.39 is 0 Å². The number of amides is 1. The number of unbranched alkanes of at least 4 members (excludes halogenated alkanes) is 1. The van der Waals surface area contributed by atoms with E-state index in [0.717, 1.165) is 56.1 Å². The van der Waals surface area contributed by atoms with Crippen LogP contribution < -0.4 is 4.90 Å². The fourth-order valence-electron chi connectivity index (χ4n) is 4.03.